The molecular formula is C13H16Cl2N2O. The van der Waals surface area contributed by atoms with Gasteiger partial charge in [0.05, 0.1) is 0 Å². The van der Waals surface area contributed by atoms with Crippen LogP contribution in [0, 0.1) is 6.92 Å². The zero-order chi connectivity index (χ0) is 13.1. The molecule has 3 nitrogen and oxygen atoms in total. The predicted molar refractivity (Wildman–Crippen MR) is 75.7 cm³/mol. The van der Waals surface area contributed by atoms with E-state index in [4.69, 9.17) is 23.2 Å². The maximum Gasteiger partial charge on any atom is 0.237 e. The number of hydrogen-bond acceptors (Lipinski definition) is 2. The first kappa shape index (κ1) is 13.5. The van der Waals surface area contributed by atoms with Gasteiger partial charge >= 0.3 is 0 Å². The second-order valence-electron chi connectivity index (χ2n) is 4.39. The number of benzene rings is 1. The van der Waals surface area contributed by atoms with Crippen molar-refractivity contribution in [3.8, 4) is 0 Å². The summed E-state index contributed by atoms with van der Waals surface area (Å²) in [5.41, 5.74) is 2.25. The van der Waals surface area contributed by atoms with Gasteiger partial charge in [-0.05, 0) is 24.6 Å². The summed E-state index contributed by atoms with van der Waals surface area (Å²) in [6.45, 7) is 5.11. The lowest BCUT2D eigenvalue weighted by Crippen LogP contribution is -2.49. The summed E-state index contributed by atoms with van der Waals surface area (Å²) in [5.74, 6) is 0.0788. The molecule has 0 unspecified atom stereocenters. The number of carbonyl (C=O) groups excluding carboxylic acids is 1. The first-order valence-corrected chi connectivity index (χ1v) is 6.88. The molecule has 0 N–H and O–H groups in total. The summed E-state index contributed by atoms with van der Waals surface area (Å²) in [4.78, 5) is 15.6. The Morgan fingerprint density at radius 2 is 1.94 bits per heavy atom. The normalized spacial score (nSPS) is 15.9. The molecule has 0 aliphatic carbocycles. The number of anilines is 1. The van der Waals surface area contributed by atoms with E-state index in [0.29, 0.717) is 0 Å². The van der Waals surface area contributed by atoms with Gasteiger partial charge in [0, 0.05) is 36.9 Å². The van der Waals surface area contributed by atoms with Gasteiger partial charge in [-0.2, -0.15) is 0 Å². The second kappa shape index (κ2) is 5.81. The van der Waals surface area contributed by atoms with Crippen molar-refractivity contribution in [1.29, 1.82) is 0 Å². The van der Waals surface area contributed by atoms with Crippen molar-refractivity contribution in [2.45, 2.75) is 6.92 Å². The van der Waals surface area contributed by atoms with Crippen LogP contribution < -0.4 is 4.90 Å². The Morgan fingerprint density at radius 1 is 1.28 bits per heavy atom. The first-order chi connectivity index (χ1) is 8.63. The van der Waals surface area contributed by atoms with E-state index in [0.717, 1.165) is 42.5 Å². The summed E-state index contributed by atoms with van der Waals surface area (Å²) >= 11 is 11.7. The highest BCUT2D eigenvalue weighted by Crippen LogP contribution is 2.27. The first-order valence-electron chi connectivity index (χ1n) is 5.97. The molecule has 1 fully saturated rings. The molecule has 98 valence electrons. The molecule has 0 saturated carbocycles. The molecule has 1 aromatic rings. The number of rotatable bonds is 2. The monoisotopic (exact) mass is 286 g/mol. The summed E-state index contributed by atoms with van der Waals surface area (Å²) in [5, 5.41) is 0.784. The predicted octanol–water partition coefficient (Wildman–Crippen LogP) is 2.54. The Kier molecular flexibility index (Phi) is 4.36. The van der Waals surface area contributed by atoms with Crippen LogP contribution in [0.3, 0.4) is 0 Å². The lowest BCUT2D eigenvalue weighted by Gasteiger charge is -2.36. The number of hydrogen-bond donors (Lipinski definition) is 0. The van der Waals surface area contributed by atoms with Crippen LogP contribution in [0.1, 0.15) is 5.56 Å². The van der Waals surface area contributed by atoms with Gasteiger partial charge in [0.2, 0.25) is 5.91 Å². The average molecular weight is 287 g/mol. The van der Waals surface area contributed by atoms with Crippen molar-refractivity contribution >= 4 is 34.8 Å². The second-order valence-corrected chi connectivity index (χ2v) is 5.06. The Bertz CT molecular complexity index is 443. The Morgan fingerprint density at radius 3 is 2.56 bits per heavy atom. The Hall–Kier alpha value is -0.930. The molecule has 1 heterocycles. The minimum absolute atomic E-state index is 0.0131. The summed E-state index contributed by atoms with van der Waals surface area (Å²) in [6.07, 6.45) is 0. The number of piperazine rings is 1. The van der Waals surface area contributed by atoms with Gasteiger partial charge in [0.25, 0.3) is 0 Å². The average Bonchev–Trinajstić information content (AvgIpc) is 2.41. The van der Waals surface area contributed by atoms with E-state index in [9.17, 15) is 4.79 Å². The number of amides is 1. The topological polar surface area (TPSA) is 23.6 Å². The smallest absolute Gasteiger partial charge is 0.237 e. The SMILES string of the molecule is Cc1c(Cl)cccc1N1CCN(C(=O)CCl)CC1. The van der Waals surface area contributed by atoms with Crippen LogP contribution in [0.5, 0.6) is 0 Å². The molecule has 2 rings (SSSR count). The van der Waals surface area contributed by atoms with Crippen LogP contribution in [0.4, 0.5) is 5.69 Å². The molecule has 0 radical (unpaired) electrons. The standard InChI is InChI=1S/C13H16Cl2N2O/c1-10-11(15)3-2-4-12(10)16-5-7-17(8-6-16)13(18)9-14/h2-4H,5-9H2,1H3. The molecule has 1 amide bonds. The van der Waals surface area contributed by atoms with Crippen molar-refractivity contribution in [2.24, 2.45) is 0 Å². The van der Waals surface area contributed by atoms with Crippen molar-refractivity contribution < 1.29 is 4.79 Å². The molecule has 1 aliphatic rings. The molecule has 5 heteroatoms. The maximum absolute atomic E-state index is 11.5. The van der Waals surface area contributed by atoms with Crippen LogP contribution in [0.2, 0.25) is 5.02 Å². The quantitative estimate of drug-likeness (QED) is 0.780. The molecule has 18 heavy (non-hydrogen) atoms. The fourth-order valence-electron chi connectivity index (χ4n) is 2.22. The summed E-state index contributed by atoms with van der Waals surface area (Å²) in [6, 6.07) is 5.93. The van der Waals surface area contributed by atoms with E-state index in [-0.39, 0.29) is 11.8 Å². The lowest BCUT2D eigenvalue weighted by atomic mass is 10.1. The molecular weight excluding hydrogens is 271 g/mol. The molecule has 0 spiro atoms. The van der Waals surface area contributed by atoms with E-state index < -0.39 is 0 Å². The highest BCUT2D eigenvalue weighted by Gasteiger charge is 2.21. The van der Waals surface area contributed by atoms with Gasteiger partial charge in [-0.3, -0.25) is 4.79 Å². The van der Waals surface area contributed by atoms with Crippen molar-refractivity contribution in [1.82, 2.24) is 4.90 Å². The van der Waals surface area contributed by atoms with Gasteiger partial charge < -0.3 is 9.80 Å². The van der Waals surface area contributed by atoms with Crippen LogP contribution in [0.15, 0.2) is 18.2 Å². The Labute approximate surface area is 117 Å². The third-order valence-corrected chi connectivity index (χ3v) is 3.96. The highest BCUT2D eigenvalue weighted by atomic mass is 35.5. The van der Waals surface area contributed by atoms with Crippen molar-refractivity contribution in [2.75, 3.05) is 37.0 Å². The lowest BCUT2D eigenvalue weighted by molar-refractivity contribution is -0.128. The molecule has 1 aromatic carbocycles. The van der Waals surface area contributed by atoms with Gasteiger partial charge in [-0.15, -0.1) is 11.6 Å². The number of nitrogens with zero attached hydrogens (tertiary/aromatic N) is 2. The number of carbonyl (C=O) groups is 1. The third kappa shape index (κ3) is 2.73. The summed E-state index contributed by atoms with van der Waals surface area (Å²) in [7, 11) is 0. The van der Waals surface area contributed by atoms with Gasteiger partial charge in [0.15, 0.2) is 0 Å². The van der Waals surface area contributed by atoms with Crippen LogP contribution >= 0.6 is 23.2 Å². The maximum atomic E-state index is 11.5. The van der Waals surface area contributed by atoms with Crippen LogP contribution in [-0.2, 0) is 4.79 Å². The minimum Gasteiger partial charge on any atom is -0.368 e. The highest BCUT2D eigenvalue weighted by molar-refractivity contribution is 6.31. The van der Waals surface area contributed by atoms with Gasteiger partial charge in [0.1, 0.15) is 5.88 Å². The van der Waals surface area contributed by atoms with E-state index in [1.54, 1.807) is 0 Å². The van der Waals surface area contributed by atoms with Crippen molar-refractivity contribution in [3.63, 3.8) is 0 Å². The zero-order valence-corrected chi connectivity index (χ0v) is 11.8. The van der Waals surface area contributed by atoms with E-state index >= 15 is 0 Å². The Balaban J connectivity index is 2.06. The number of halogens is 2. The van der Waals surface area contributed by atoms with Gasteiger partial charge in [-0.1, -0.05) is 17.7 Å². The molecule has 0 bridgehead atoms. The fraction of sp³-hybridized carbons (Fsp3) is 0.462. The largest absolute Gasteiger partial charge is 0.368 e. The number of alkyl halides is 1. The van der Waals surface area contributed by atoms with Crippen LogP contribution in [-0.4, -0.2) is 42.9 Å². The minimum atomic E-state index is 0.0131. The van der Waals surface area contributed by atoms with E-state index in [1.165, 1.54) is 0 Å². The zero-order valence-electron chi connectivity index (χ0n) is 10.3. The fourth-order valence-corrected chi connectivity index (χ4v) is 2.56. The van der Waals surface area contributed by atoms with Crippen LogP contribution in [0.25, 0.3) is 0 Å². The summed E-state index contributed by atoms with van der Waals surface area (Å²) < 4.78 is 0. The van der Waals surface area contributed by atoms with Gasteiger partial charge in [-0.25, -0.2) is 0 Å². The van der Waals surface area contributed by atoms with E-state index in [2.05, 4.69) is 11.0 Å². The molecule has 1 aliphatic heterocycles. The van der Waals surface area contributed by atoms with Crippen molar-refractivity contribution in [3.05, 3.63) is 28.8 Å². The molecule has 1 saturated heterocycles. The molecule has 0 atom stereocenters. The molecule has 0 aromatic heterocycles. The third-order valence-electron chi connectivity index (χ3n) is 3.33. The van der Waals surface area contributed by atoms with E-state index in [1.807, 2.05) is 24.0 Å².